The maximum atomic E-state index is 8.95. The third kappa shape index (κ3) is 2.78. The highest BCUT2D eigenvalue weighted by Crippen LogP contribution is 2.28. The van der Waals surface area contributed by atoms with Crippen molar-refractivity contribution in [3.05, 3.63) is 64.8 Å². The smallest absolute Gasteiger partial charge is 0.241 e. The van der Waals surface area contributed by atoms with Gasteiger partial charge in [-0.3, -0.25) is 0 Å². The second-order valence-corrected chi connectivity index (χ2v) is 4.80. The molecule has 3 aromatic rings. The number of halogens is 1. The minimum Gasteiger partial charge on any atom is -0.471 e. The van der Waals surface area contributed by atoms with E-state index in [0.29, 0.717) is 23.4 Å². The van der Waals surface area contributed by atoms with Crippen LogP contribution in [-0.4, -0.2) is 10.2 Å². The van der Waals surface area contributed by atoms with Gasteiger partial charge in [0.05, 0.1) is 11.6 Å². The summed E-state index contributed by atoms with van der Waals surface area (Å²) in [5.41, 5.74) is 1.56. The number of nitrogens with zero attached hydrogens (tertiary/aromatic N) is 3. The van der Waals surface area contributed by atoms with Crippen molar-refractivity contribution in [3.8, 4) is 11.9 Å². The largest absolute Gasteiger partial charge is 0.471 e. The van der Waals surface area contributed by atoms with E-state index in [2.05, 4.69) is 16.3 Å². The van der Waals surface area contributed by atoms with Crippen molar-refractivity contribution in [1.29, 1.82) is 5.26 Å². The molecule has 3 rings (SSSR count). The van der Waals surface area contributed by atoms with Crippen molar-refractivity contribution in [2.45, 2.75) is 6.61 Å². The van der Waals surface area contributed by atoms with Crippen LogP contribution in [0.4, 0.5) is 0 Å². The first-order valence-electron chi connectivity index (χ1n) is 6.30. The number of nitriles is 1. The fourth-order valence-corrected chi connectivity index (χ4v) is 2.19. The molecule has 0 fully saturated rings. The number of hydrogen-bond donors (Lipinski definition) is 0. The summed E-state index contributed by atoms with van der Waals surface area (Å²) in [6.07, 6.45) is 0. The Labute approximate surface area is 126 Å². The lowest BCUT2D eigenvalue weighted by molar-refractivity contribution is 0.294. The Balaban J connectivity index is 1.96. The van der Waals surface area contributed by atoms with Crippen LogP contribution in [0.15, 0.2) is 48.5 Å². The molecule has 0 bridgehead atoms. The highest BCUT2D eigenvalue weighted by molar-refractivity contribution is 6.34. The van der Waals surface area contributed by atoms with E-state index in [-0.39, 0.29) is 5.15 Å². The quantitative estimate of drug-likeness (QED) is 0.738. The van der Waals surface area contributed by atoms with E-state index in [0.717, 1.165) is 10.9 Å². The van der Waals surface area contributed by atoms with Gasteiger partial charge in [0.2, 0.25) is 5.88 Å². The van der Waals surface area contributed by atoms with Crippen molar-refractivity contribution in [2.75, 3.05) is 0 Å². The number of fused-ring (bicyclic) bond motifs is 1. The summed E-state index contributed by atoms with van der Waals surface area (Å²) in [6, 6.07) is 17.0. The van der Waals surface area contributed by atoms with Crippen molar-refractivity contribution < 1.29 is 4.74 Å². The summed E-state index contributed by atoms with van der Waals surface area (Å²) >= 11 is 6.04. The van der Waals surface area contributed by atoms with Crippen LogP contribution in [0, 0.1) is 11.3 Å². The number of benzene rings is 2. The van der Waals surface area contributed by atoms with Gasteiger partial charge in [-0.25, -0.2) is 0 Å². The first-order chi connectivity index (χ1) is 10.3. The van der Waals surface area contributed by atoms with Gasteiger partial charge >= 0.3 is 0 Å². The Kier molecular flexibility index (Phi) is 3.67. The van der Waals surface area contributed by atoms with E-state index < -0.39 is 0 Å². The van der Waals surface area contributed by atoms with Gasteiger partial charge in [-0.2, -0.15) is 5.26 Å². The van der Waals surface area contributed by atoms with E-state index in [1.807, 2.05) is 30.3 Å². The molecule has 1 aromatic heterocycles. The van der Waals surface area contributed by atoms with Crippen LogP contribution in [0.2, 0.25) is 5.15 Å². The van der Waals surface area contributed by atoms with E-state index in [1.165, 1.54) is 0 Å². The normalized spacial score (nSPS) is 10.3. The van der Waals surface area contributed by atoms with Crippen LogP contribution >= 0.6 is 11.6 Å². The molecule has 4 nitrogen and oxygen atoms in total. The number of ether oxygens (including phenoxy) is 1. The maximum absolute atomic E-state index is 8.95. The van der Waals surface area contributed by atoms with Crippen LogP contribution in [0.5, 0.6) is 5.88 Å². The Morgan fingerprint density at radius 2 is 1.86 bits per heavy atom. The average Bonchev–Trinajstić information content (AvgIpc) is 2.55. The van der Waals surface area contributed by atoms with Crippen molar-refractivity contribution in [3.63, 3.8) is 0 Å². The second-order valence-electron chi connectivity index (χ2n) is 4.44. The highest BCUT2D eigenvalue weighted by Gasteiger charge is 2.10. The van der Waals surface area contributed by atoms with Crippen molar-refractivity contribution >= 4 is 22.4 Å². The molecule has 0 N–H and O–H groups in total. The molecule has 102 valence electrons. The van der Waals surface area contributed by atoms with Gasteiger partial charge in [-0.15, -0.1) is 10.2 Å². The van der Waals surface area contributed by atoms with Crippen LogP contribution < -0.4 is 4.74 Å². The van der Waals surface area contributed by atoms with Crippen LogP contribution in [0.3, 0.4) is 0 Å². The zero-order valence-corrected chi connectivity index (χ0v) is 11.7. The van der Waals surface area contributed by atoms with Gasteiger partial charge in [-0.1, -0.05) is 41.9 Å². The molecule has 0 saturated heterocycles. The minimum absolute atomic E-state index is 0.258. The molecule has 0 aliphatic rings. The van der Waals surface area contributed by atoms with E-state index in [9.17, 15) is 0 Å². The molecule has 1 heterocycles. The zero-order chi connectivity index (χ0) is 14.7. The second kappa shape index (κ2) is 5.78. The van der Waals surface area contributed by atoms with Gasteiger partial charge in [0.1, 0.15) is 6.61 Å². The summed E-state index contributed by atoms with van der Waals surface area (Å²) < 4.78 is 5.72. The standard InChI is InChI=1S/C16H10ClN3O/c17-15-14-8-12(9-18)6-7-13(14)16(20-19-15)21-10-11-4-2-1-3-5-11/h1-8H,10H2. The molecule has 21 heavy (non-hydrogen) atoms. The van der Waals surface area contributed by atoms with Gasteiger partial charge in [0.25, 0.3) is 0 Å². The molecule has 0 amide bonds. The average molecular weight is 296 g/mol. The Hall–Kier alpha value is -2.64. The third-order valence-electron chi connectivity index (χ3n) is 3.05. The van der Waals surface area contributed by atoms with Crippen LogP contribution in [-0.2, 0) is 6.61 Å². The molecular weight excluding hydrogens is 286 g/mol. The summed E-state index contributed by atoms with van der Waals surface area (Å²) in [7, 11) is 0. The molecule has 0 saturated carbocycles. The first-order valence-corrected chi connectivity index (χ1v) is 6.68. The molecular formula is C16H10ClN3O. The van der Waals surface area contributed by atoms with Crippen molar-refractivity contribution in [2.24, 2.45) is 0 Å². The Morgan fingerprint density at radius 3 is 2.62 bits per heavy atom. The maximum Gasteiger partial charge on any atom is 0.241 e. The third-order valence-corrected chi connectivity index (χ3v) is 3.33. The monoisotopic (exact) mass is 295 g/mol. The Bertz CT molecular complexity index is 828. The summed E-state index contributed by atoms with van der Waals surface area (Å²) in [5, 5.41) is 18.5. The lowest BCUT2D eigenvalue weighted by Crippen LogP contribution is -1.99. The van der Waals surface area contributed by atoms with Crippen LogP contribution in [0.1, 0.15) is 11.1 Å². The van der Waals surface area contributed by atoms with Gasteiger partial charge < -0.3 is 4.74 Å². The SMILES string of the molecule is N#Cc1ccc2c(OCc3ccccc3)nnc(Cl)c2c1. The topological polar surface area (TPSA) is 58.8 Å². The van der Waals surface area contributed by atoms with Gasteiger partial charge in [0, 0.05) is 10.8 Å². The molecule has 0 radical (unpaired) electrons. The molecule has 0 unspecified atom stereocenters. The fourth-order valence-electron chi connectivity index (χ4n) is 2.00. The molecule has 2 aromatic carbocycles. The van der Waals surface area contributed by atoms with Gasteiger partial charge in [-0.05, 0) is 23.8 Å². The molecule has 0 spiro atoms. The number of aromatic nitrogens is 2. The van der Waals surface area contributed by atoms with Gasteiger partial charge in [0.15, 0.2) is 5.15 Å². The van der Waals surface area contributed by atoms with E-state index in [1.54, 1.807) is 18.2 Å². The predicted octanol–water partition coefficient (Wildman–Crippen LogP) is 3.73. The molecule has 5 heteroatoms. The number of rotatable bonds is 3. The lowest BCUT2D eigenvalue weighted by atomic mass is 10.1. The fraction of sp³-hybridized carbons (Fsp3) is 0.0625. The van der Waals surface area contributed by atoms with Crippen molar-refractivity contribution in [1.82, 2.24) is 10.2 Å². The predicted molar refractivity (Wildman–Crippen MR) is 80.0 cm³/mol. The lowest BCUT2D eigenvalue weighted by Gasteiger charge is -2.08. The van der Waals surface area contributed by atoms with E-state index in [4.69, 9.17) is 21.6 Å². The Morgan fingerprint density at radius 1 is 1.05 bits per heavy atom. The van der Waals surface area contributed by atoms with E-state index >= 15 is 0 Å². The molecule has 0 aliphatic heterocycles. The molecule has 0 aliphatic carbocycles. The summed E-state index contributed by atoms with van der Waals surface area (Å²) in [5.74, 6) is 0.405. The number of hydrogen-bond acceptors (Lipinski definition) is 4. The summed E-state index contributed by atoms with van der Waals surface area (Å²) in [6.45, 7) is 0.395. The molecule has 0 atom stereocenters. The highest BCUT2D eigenvalue weighted by atomic mass is 35.5. The zero-order valence-electron chi connectivity index (χ0n) is 11.0. The minimum atomic E-state index is 0.258. The first kappa shape index (κ1) is 13.3. The van der Waals surface area contributed by atoms with Crippen LogP contribution in [0.25, 0.3) is 10.8 Å². The summed E-state index contributed by atoms with van der Waals surface area (Å²) in [4.78, 5) is 0.